The summed E-state index contributed by atoms with van der Waals surface area (Å²) >= 11 is 3.54. The molecule has 0 aliphatic heterocycles. The number of halogens is 1. The monoisotopic (exact) mass is 367 g/mol. The van der Waals surface area contributed by atoms with Crippen LogP contribution in [0.5, 0.6) is 0 Å². The predicted molar refractivity (Wildman–Crippen MR) is 88.6 cm³/mol. The third kappa shape index (κ3) is 4.14. The molecule has 0 aromatic heterocycles. The fourth-order valence-corrected chi connectivity index (χ4v) is 3.61. The van der Waals surface area contributed by atoms with Crippen molar-refractivity contribution in [1.29, 1.82) is 0 Å². The lowest BCUT2D eigenvalue weighted by Crippen LogP contribution is -2.35. The number of para-hydroxylation sites is 1. The van der Waals surface area contributed by atoms with Crippen molar-refractivity contribution in [3.63, 3.8) is 0 Å². The molecule has 1 amide bonds. The summed E-state index contributed by atoms with van der Waals surface area (Å²) in [5.41, 5.74) is -2.96. The molecule has 0 heterocycles. The van der Waals surface area contributed by atoms with Crippen LogP contribution in [0.3, 0.4) is 0 Å². The molecule has 1 rings (SSSR count). The lowest BCUT2D eigenvalue weighted by atomic mass is 9.88. The third-order valence-electron chi connectivity index (χ3n) is 2.95. The van der Waals surface area contributed by atoms with E-state index in [0.29, 0.717) is 0 Å². The summed E-state index contributed by atoms with van der Waals surface area (Å²) in [5, 5.41) is 19.4. The summed E-state index contributed by atoms with van der Waals surface area (Å²) in [7, 11) is 0.813. The average molecular weight is 368 g/mol. The van der Waals surface area contributed by atoms with E-state index >= 15 is 0 Å². The minimum absolute atomic E-state index is 0.110. The van der Waals surface area contributed by atoms with Gasteiger partial charge in [-0.05, 0) is 27.7 Å². The molecular formula is C13H18ClNO5S2. The molecule has 0 fully saturated rings. The third-order valence-corrected chi connectivity index (χ3v) is 4.48. The van der Waals surface area contributed by atoms with E-state index < -0.39 is 25.7 Å². The van der Waals surface area contributed by atoms with Gasteiger partial charge >= 0.3 is 9.24 Å². The molecule has 0 radical (unpaired) electrons. The first kappa shape index (κ1) is 19.2. The van der Waals surface area contributed by atoms with Gasteiger partial charge in [0, 0.05) is 21.8 Å². The number of anilines is 1. The average Bonchev–Trinajstić information content (AvgIpc) is 2.23. The second kappa shape index (κ2) is 6.01. The van der Waals surface area contributed by atoms with Crippen molar-refractivity contribution in [2.75, 3.05) is 4.31 Å². The summed E-state index contributed by atoms with van der Waals surface area (Å²) in [4.78, 5) is 11.7. The van der Waals surface area contributed by atoms with E-state index in [9.17, 15) is 23.4 Å². The van der Waals surface area contributed by atoms with Crippen LogP contribution in [0.25, 0.3) is 0 Å². The summed E-state index contributed by atoms with van der Waals surface area (Å²) in [5.74, 6) is 0. The van der Waals surface area contributed by atoms with Gasteiger partial charge in [0.2, 0.25) is 0 Å². The van der Waals surface area contributed by atoms with Crippen molar-refractivity contribution in [3.8, 4) is 0 Å². The predicted octanol–water partition coefficient (Wildman–Crippen LogP) is 2.48. The zero-order valence-corrected chi connectivity index (χ0v) is 15.0. The van der Waals surface area contributed by atoms with Crippen LogP contribution < -0.4 is 4.31 Å². The summed E-state index contributed by atoms with van der Waals surface area (Å²) in [6, 6.07) is 4.42. The molecule has 0 spiro atoms. The van der Waals surface area contributed by atoms with Crippen LogP contribution in [0.2, 0.25) is 0 Å². The molecule has 0 saturated carbocycles. The molecule has 0 aliphatic carbocycles. The lowest BCUT2D eigenvalue weighted by molar-refractivity contribution is 0.0731. The van der Waals surface area contributed by atoms with Crippen molar-refractivity contribution in [3.05, 3.63) is 29.3 Å². The first-order valence-corrected chi connectivity index (χ1v) is 8.95. The molecule has 0 aliphatic rings. The maximum atomic E-state index is 11.8. The van der Waals surface area contributed by atoms with Crippen molar-refractivity contribution in [1.82, 2.24) is 0 Å². The van der Waals surface area contributed by atoms with Crippen LogP contribution in [0.1, 0.15) is 38.8 Å². The Labute approximate surface area is 139 Å². The van der Waals surface area contributed by atoms with Crippen molar-refractivity contribution in [2.24, 2.45) is 0 Å². The molecular weight excluding hydrogens is 350 g/mol. The largest absolute Gasteiger partial charge is 0.386 e. The van der Waals surface area contributed by atoms with Crippen molar-refractivity contribution < 1.29 is 23.4 Å². The fourth-order valence-electron chi connectivity index (χ4n) is 2.05. The molecule has 0 unspecified atom stereocenters. The molecule has 2 N–H and O–H groups in total. The van der Waals surface area contributed by atoms with E-state index in [-0.39, 0.29) is 21.1 Å². The number of benzene rings is 1. The van der Waals surface area contributed by atoms with Crippen LogP contribution >= 0.6 is 23.3 Å². The molecule has 0 saturated heterocycles. The highest BCUT2D eigenvalue weighted by molar-refractivity contribution is 8.17. The molecule has 6 nitrogen and oxygen atoms in total. The van der Waals surface area contributed by atoms with Gasteiger partial charge < -0.3 is 10.2 Å². The number of hydrogen-bond donors (Lipinski definition) is 3. The number of hydrogen-bond acceptors (Lipinski definition) is 5. The van der Waals surface area contributed by atoms with Gasteiger partial charge in [0.1, 0.15) is 0 Å². The van der Waals surface area contributed by atoms with Gasteiger partial charge in [0.15, 0.2) is 0 Å². The number of carbonyl (C=O) groups is 1. The van der Waals surface area contributed by atoms with Gasteiger partial charge in [-0.1, -0.05) is 30.8 Å². The highest BCUT2D eigenvalue weighted by Crippen LogP contribution is 2.40. The van der Waals surface area contributed by atoms with E-state index in [0.717, 1.165) is 0 Å². The highest BCUT2D eigenvalue weighted by Gasteiger charge is 2.36. The Balaban J connectivity index is 3.93. The van der Waals surface area contributed by atoms with E-state index in [1.54, 1.807) is 0 Å². The van der Waals surface area contributed by atoms with Gasteiger partial charge in [-0.2, -0.15) is 12.7 Å². The van der Waals surface area contributed by atoms with Crippen LogP contribution in [-0.2, 0) is 20.4 Å². The summed E-state index contributed by atoms with van der Waals surface area (Å²) < 4.78 is 23.8. The smallest absolute Gasteiger partial charge is 0.328 e. The van der Waals surface area contributed by atoms with E-state index in [1.807, 2.05) is 0 Å². The van der Waals surface area contributed by atoms with Gasteiger partial charge in [0.25, 0.3) is 5.24 Å². The fraction of sp³-hybridized carbons (Fsp3) is 0.462. The number of aliphatic hydroxyl groups is 2. The van der Waals surface area contributed by atoms with Gasteiger partial charge in [-0.25, -0.2) is 0 Å². The second-order valence-electron chi connectivity index (χ2n) is 5.81. The molecule has 1 aromatic rings. The van der Waals surface area contributed by atoms with Gasteiger partial charge in [-0.3, -0.25) is 4.79 Å². The Morgan fingerprint density at radius 1 is 1.14 bits per heavy atom. The van der Waals surface area contributed by atoms with Gasteiger partial charge in [0.05, 0.1) is 16.9 Å². The minimum Gasteiger partial charge on any atom is -0.386 e. The molecule has 1 aromatic carbocycles. The van der Waals surface area contributed by atoms with Crippen molar-refractivity contribution >= 4 is 43.5 Å². The SMILES string of the molecule is CC(C)(O)c1cccc(C(C)(C)O)c1N(C(=O)S)S(=O)(=O)Cl. The Hall–Kier alpha value is -0.800. The number of nitrogens with zero attached hydrogens (tertiary/aromatic N) is 1. The van der Waals surface area contributed by atoms with Crippen LogP contribution in [-0.4, -0.2) is 23.9 Å². The first-order chi connectivity index (χ1) is 9.67. The van der Waals surface area contributed by atoms with E-state index in [4.69, 9.17) is 10.7 Å². The van der Waals surface area contributed by atoms with Crippen molar-refractivity contribution in [2.45, 2.75) is 38.9 Å². The number of carbonyl (C=O) groups excluding carboxylic acids is 1. The van der Waals surface area contributed by atoms with E-state index in [2.05, 4.69) is 12.6 Å². The zero-order chi connectivity index (χ0) is 17.5. The molecule has 9 heteroatoms. The van der Waals surface area contributed by atoms with Crippen LogP contribution in [0.15, 0.2) is 18.2 Å². The number of thiol groups is 1. The number of rotatable bonds is 4. The molecule has 0 atom stereocenters. The maximum Gasteiger partial charge on any atom is 0.328 e. The van der Waals surface area contributed by atoms with Crippen LogP contribution in [0, 0.1) is 0 Å². The molecule has 124 valence electrons. The highest BCUT2D eigenvalue weighted by atomic mass is 35.7. The lowest BCUT2D eigenvalue weighted by Gasteiger charge is -2.31. The first-order valence-electron chi connectivity index (χ1n) is 6.24. The zero-order valence-electron chi connectivity index (χ0n) is 12.5. The summed E-state index contributed by atoms with van der Waals surface area (Å²) in [6.07, 6.45) is 0. The molecule has 0 bridgehead atoms. The topological polar surface area (TPSA) is 94.9 Å². The maximum absolute atomic E-state index is 11.8. The second-order valence-corrected chi connectivity index (χ2v) is 8.55. The minimum atomic E-state index is -4.53. The number of amides is 1. The normalized spacial score (nSPS) is 13.1. The Kier molecular flexibility index (Phi) is 5.26. The Morgan fingerprint density at radius 3 is 1.73 bits per heavy atom. The van der Waals surface area contributed by atoms with E-state index in [1.165, 1.54) is 45.9 Å². The Morgan fingerprint density at radius 2 is 1.50 bits per heavy atom. The Bertz CT molecular complexity index is 657. The van der Waals surface area contributed by atoms with Gasteiger partial charge in [-0.15, -0.1) is 0 Å². The standard InChI is InChI=1S/C13H18ClNO5S2/c1-12(2,17)8-6-5-7-9(13(3,4)18)10(8)15(11(16)21)22(14,19)20/h5-7,17-18H,1-4H3,(H,16,21). The summed E-state index contributed by atoms with van der Waals surface area (Å²) in [6.45, 7) is 5.67. The molecule has 22 heavy (non-hydrogen) atoms. The van der Waals surface area contributed by atoms with Crippen LogP contribution in [0.4, 0.5) is 10.5 Å². The quantitative estimate of drug-likeness (QED) is 0.561.